The molecule has 0 aliphatic heterocycles. The Morgan fingerprint density at radius 3 is 1.83 bits per heavy atom. The summed E-state index contributed by atoms with van der Waals surface area (Å²) in [5.74, 6) is 0.381. The Labute approximate surface area is 206 Å². The highest BCUT2D eigenvalue weighted by molar-refractivity contribution is 6.31. The first-order valence-electron chi connectivity index (χ1n) is 10.6. The molecule has 0 heterocycles. The molecule has 8 heteroatoms. The number of benzene rings is 4. The molecule has 0 amide bonds. The number of hydrogen-bond acceptors (Lipinski definition) is 7. The van der Waals surface area contributed by atoms with Crippen LogP contribution in [-0.2, 0) is 22.7 Å². The normalized spacial score (nSPS) is 10.5. The van der Waals surface area contributed by atoms with Gasteiger partial charge >= 0.3 is 12.3 Å². The number of carbonyl (C=O) groups excluding carboxylic acids is 2. The zero-order valence-electron chi connectivity index (χ0n) is 18.7. The molecular weight excluding hydrogens is 472 g/mol. The molecular formula is C27H21ClO7. The van der Waals surface area contributed by atoms with Crippen molar-refractivity contribution < 1.29 is 33.3 Å². The van der Waals surface area contributed by atoms with Gasteiger partial charge in [-0.2, -0.15) is 0 Å². The van der Waals surface area contributed by atoms with Crippen LogP contribution >= 0.6 is 11.6 Å². The topological polar surface area (TPSA) is 80.3 Å². The van der Waals surface area contributed by atoms with Gasteiger partial charge in [-0.3, -0.25) is 0 Å². The molecule has 0 bridgehead atoms. The lowest BCUT2D eigenvalue weighted by atomic mass is 10.1. The maximum absolute atomic E-state index is 12.4. The second-order valence-corrected chi connectivity index (χ2v) is 7.79. The molecule has 0 fully saturated rings. The summed E-state index contributed by atoms with van der Waals surface area (Å²) in [6.45, 7) is 0.0874. The smallest absolute Gasteiger partial charge is 0.493 e. The van der Waals surface area contributed by atoms with E-state index in [1.165, 1.54) is 13.2 Å². The number of methoxy groups -OCH3 is 1. The largest absolute Gasteiger partial charge is 0.514 e. The zero-order chi connectivity index (χ0) is 24.6. The van der Waals surface area contributed by atoms with E-state index >= 15 is 0 Å². The van der Waals surface area contributed by atoms with Gasteiger partial charge in [-0.05, 0) is 29.3 Å². The van der Waals surface area contributed by atoms with Gasteiger partial charge in [0, 0.05) is 21.9 Å². The van der Waals surface area contributed by atoms with E-state index in [9.17, 15) is 9.59 Å². The molecule has 0 atom stereocenters. The Kier molecular flexibility index (Phi) is 7.70. The second kappa shape index (κ2) is 11.3. The van der Waals surface area contributed by atoms with Crippen LogP contribution in [-0.4, -0.2) is 19.4 Å². The molecule has 0 radical (unpaired) electrons. The van der Waals surface area contributed by atoms with E-state index in [4.69, 9.17) is 35.3 Å². The SMILES string of the molecule is COc1cc(OC(=O)OCc2ccccc2)c2cc(Cl)ccc2c1OC(=O)OCc1ccccc1. The Hall–Kier alpha value is -4.23. The minimum atomic E-state index is -0.917. The lowest BCUT2D eigenvalue weighted by molar-refractivity contribution is 0.0905. The van der Waals surface area contributed by atoms with Gasteiger partial charge in [0.15, 0.2) is 11.5 Å². The molecule has 0 unspecified atom stereocenters. The van der Waals surface area contributed by atoms with E-state index in [2.05, 4.69) is 0 Å². The minimum absolute atomic E-state index is 0.0419. The van der Waals surface area contributed by atoms with Gasteiger partial charge in [-0.1, -0.05) is 72.3 Å². The van der Waals surface area contributed by atoms with Crippen molar-refractivity contribution in [1.29, 1.82) is 0 Å². The molecule has 0 N–H and O–H groups in total. The van der Waals surface area contributed by atoms with E-state index < -0.39 is 12.3 Å². The Morgan fingerprint density at radius 2 is 1.26 bits per heavy atom. The second-order valence-electron chi connectivity index (χ2n) is 7.35. The quantitative estimate of drug-likeness (QED) is 0.204. The van der Waals surface area contributed by atoms with Crippen LogP contribution in [0.1, 0.15) is 11.1 Å². The van der Waals surface area contributed by atoms with Gasteiger partial charge < -0.3 is 23.7 Å². The van der Waals surface area contributed by atoms with Crippen molar-refractivity contribution in [2.45, 2.75) is 13.2 Å². The fraction of sp³-hybridized carbons (Fsp3) is 0.111. The first-order valence-corrected chi connectivity index (χ1v) is 11.0. The summed E-state index contributed by atoms with van der Waals surface area (Å²) in [5, 5.41) is 1.24. The Balaban J connectivity index is 1.55. The molecule has 4 rings (SSSR count). The van der Waals surface area contributed by atoms with Crippen molar-refractivity contribution >= 4 is 34.7 Å². The van der Waals surface area contributed by atoms with E-state index in [0.717, 1.165) is 11.1 Å². The van der Waals surface area contributed by atoms with Crippen LogP contribution < -0.4 is 14.2 Å². The number of rotatable bonds is 7. The summed E-state index contributed by atoms with van der Waals surface area (Å²) in [6.07, 6.45) is -1.83. The molecule has 0 aromatic heterocycles. The number of ether oxygens (including phenoxy) is 5. The summed E-state index contributed by atoms with van der Waals surface area (Å²) in [5.41, 5.74) is 1.62. The number of halogens is 1. The highest BCUT2D eigenvalue weighted by Crippen LogP contribution is 2.43. The molecule has 0 aliphatic rings. The molecule has 0 spiro atoms. The summed E-state index contributed by atoms with van der Waals surface area (Å²) >= 11 is 6.18. The van der Waals surface area contributed by atoms with Crippen LogP contribution in [0.2, 0.25) is 5.02 Å². The minimum Gasteiger partial charge on any atom is -0.493 e. The van der Waals surface area contributed by atoms with Crippen molar-refractivity contribution in [3.8, 4) is 17.2 Å². The zero-order valence-corrected chi connectivity index (χ0v) is 19.5. The van der Waals surface area contributed by atoms with Gasteiger partial charge in [0.05, 0.1) is 7.11 Å². The van der Waals surface area contributed by atoms with E-state index in [1.54, 1.807) is 18.2 Å². The third kappa shape index (κ3) is 6.22. The predicted octanol–water partition coefficient (Wildman–Crippen LogP) is 6.93. The standard InChI is InChI=1S/C27H21ClO7/c1-31-24-15-23(34-26(29)32-16-18-8-4-2-5-9-18)22-14-20(28)12-13-21(22)25(24)35-27(30)33-17-19-10-6-3-7-11-19/h2-15H,16-17H2,1H3. The molecule has 0 saturated carbocycles. The van der Waals surface area contributed by atoms with Crippen molar-refractivity contribution in [3.05, 3.63) is 101 Å². The third-order valence-corrected chi connectivity index (χ3v) is 5.21. The van der Waals surface area contributed by atoms with Gasteiger partial charge in [-0.15, -0.1) is 0 Å². The van der Waals surface area contributed by atoms with Crippen molar-refractivity contribution in [2.75, 3.05) is 7.11 Å². The predicted molar refractivity (Wildman–Crippen MR) is 130 cm³/mol. The van der Waals surface area contributed by atoms with Gasteiger partial charge in [0.2, 0.25) is 0 Å². The van der Waals surface area contributed by atoms with Crippen LogP contribution in [0.15, 0.2) is 84.9 Å². The molecule has 7 nitrogen and oxygen atoms in total. The highest BCUT2D eigenvalue weighted by atomic mass is 35.5. The van der Waals surface area contributed by atoms with Gasteiger partial charge in [0.1, 0.15) is 19.0 Å². The van der Waals surface area contributed by atoms with Crippen LogP contribution in [0, 0.1) is 0 Å². The van der Waals surface area contributed by atoms with Crippen LogP contribution in [0.3, 0.4) is 0 Å². The molecule has 4 aromatic carbocycles. The lowest BCUT2D eigenvalue weighted by Gasteiger charge is -2.16. The number of carbonyl (C=O) groups is 2. The Bertz CT molecular complexity index is 1320. The lowest BCUT2D eigenvalue weighted by Crippen LogP contribution is -2.13. The van der Waals surface area contributed by atoms with Gasteiger partial charge in [-0.25, -0.2) is 9.59 Å². The fourth-order valence-electron chi connectivity index (χ4n) is 3.32. The molecule has 0 aliphatic carbocycles. The number of hydrogen-bond donors (Lipinski definition) is 0. The van der Waals surface area contributed by atoms with Crippen molar-refractivity contribution in [3.63, 3.8) is 0 Å². The summed E-state index contributed by atoms with van der Waals surface area (Å²) in [6, 6.07) is 24.6. The summed E-state index contributed by atoms with van der Waals surface area (Å²) in [7, 11) is 1.40. The average molecular weight is 493 g/mol. The van der Waals surface area contributed by atoms with Crippen molar-refractivity contribution in [1.82, 2.24) is 0 Å². The monoisotopic (exact) mass is 492 g/mol. The summed E-state index contributed by atoms with van der Waals surface area (Å²) < 4.78 is 26.8. The third-order valence-electron chi connectivity index (χ3n) is 4.98. The first kappa shape index (κ1) is 23.9. The molecule has 0 saturated heterocycles. The van der Waals surface area contributed by atoms with E-state index in [-0.39, 0.29) is 30.5 Å². The van der Waals surface area contributed by atoms with E-state index in [0.29, 0.717) is 15.8 Å². The van der Waals surface area contributed by atoms with Crippen LogP contribution in [0.4, 0.5) is 9.59 Å². The molecule has 178 valence electrons. The molecule has 35 heavy (non-hydrogen) atoms. The van der Waals surface area contributed by atoms with Crippen molar-refractivity contribution in [2.24, 2.45) is 0 Å². The average Bonchev–Trinajstić information content (AvgIpc) is 2.88. The maximum atomic E-state index is 12.4. The first-order chi connectivity index (χ1) is 17.0. The maximum Gasteiger partial charge on any atom is 0.514 e. The van der Waals surface area contributed by atoms with Gasteiger partial charge in [0.25, 0.3) is 0 Å². The summed E-state index contributed by atoms with van der Waals surface area (Å²) in [4.78, 5) is 24.8. The number of fused-ring (bicyclic) bond motifs is 1. The highest BCUT2D eigenvalue weighted by Gasteiger charge is 2.21. The van der Waals surface area contributed by atoms with Crippen LogP contribution in [0.25, 0.3) is 10.8 Å². The van der Waals surface area contributed by atoms with E-state index in [1.807, 2.05) is 60.7 Å². The van der Waals surface area contributed by atoms with Crippen LogP contribution in [0.5, 0.6) is 17.2 Å². The fourth-order valence-corrected chi connectivity index (χ4v) is 3.49. The Morgan fingerprint density at radius 1 is 0.686 bits per heavy atom. The molecule has 4 aromatic rings.